The molecule has 0 aromatic heterocycles. The van der Waals surface area contributed by atoms with Crippen LogP contribution >= 0.6 is 0 Å². The molecule has 0 aliphatic rings. The number of carbonyl (C=O) groups is 1. The number of nitrogens with zero attached hydrogens (tertiary/aromatic N) is 1. The number of anilines is 1. The lowest BCUT2D eigenvalue weighted by atomic mass is 10.1. The number of hydrogen-bond donors (Lipinski definition) is 1. The van der Waals surface area contributed by atoms with E-state index < -0.39 is 0 Å². The number of hydrogen-bond acceptors (Lipinski definition) is 3. The summed E-state index contributed by atoms with van der Waals surface area (Å²) in [5.41, 5.74) is 2.78. The van der Waals surface area contributed by atoms with Crippen LogP contribution < -0.4 is 5.32 Å². The summed E-state index contributed by atoms with van der Waals surface area (Å²) < 4.78 is 5.05. The smallest absolute Gasteiger partial charge is 0.256 e. The molecule has 0 saturated heterocycles. The number of nitrogens with one attached hydrogen (secondary N) is 1. The van der Waals surface area contributed by atoms with Crippen LogP contribution in [0.5, 0.6) is 0 Å². The van der Waals surface area contributed by atoms with Crippen LogP contribution in [0.2, 0.25) is 0 Å². The fourth-order valence-electron chi connectivity index (χ4n) is 1.96. The third kappa shape index (κ3) is 4.24. The lowest BCUT2D eigenvalue weighted by molar-refractivity contribution is 0.0707. The minimum atomic E-state index is 0.0514. The van der Waals surface area contributed by atoms with Gasteiger partial charge in [-0.05, 0) is 38.5 Å². The topological polar surface area (TPSA) is 41.6 Å². The minimum absolute atomic E-state index is 0.0514. The van der Waals surface area contributed by atoms with Gasteiger partial charge in [0.1, 0.15) is 0 Å². The molecular weight excluding hydrogens is 240 g/mol. The van der Waals surface area contributed by atoms with Crippen LogP contribution in [0.4, 0.5) is 5.69 Å². The molecule has 0 radical (unpaired) electrons. The van der Waals surface area contributed by atoms with Gasteiger partial charge in [0.25, 0.3) is 5.91 Å². The van der Waals surface area contributed by atoms with E-state index in [2.05, 4.69) is 5.32 Å². The van der Waals surface area contributed by atoms with Crippen molar-refractivity contribution < 1.29 is 9.53 Å². The van der Waals surface area contributed by atoms with Gasteiger partial charge in [0, 0.05) is 32.4 Å². The number of methoxy groups -OCH3 is 1. The maximum Gasteiger partial charge on any atom is 0.256 e. The Labute approximate surface area is 115 Å². The number of ether oxygens (including phenoxy) is 1. The summed E-state index contributed by atoms with van der Waals surface area (Å²) in [6.45, 7) is 8.69. The molecule has 0 aliphatic heterocycles. The van der Waals surface area contributed by atoms with E-state index in [4.69, 9.17) is 4.74 Å². The monoisotopic (exact) mass is 264 g/mol. The quantitative estimate of drug-likeness (QED) is 0.823. The number of rotatable bonds is 7. The summed E-state index contributed by atoms with van der Waals surface area (Å²) in [4.78, 5) is 14.3. The van der Waals surface area contributed by atoms with E-state index in [9.17, 15) is 4.79 Å². The molecule has 1 amide bonds. The summed E-state index contributed by atoms with van der Waals surface area (Å²) in [5.74, 6) is 0.0514. The second-order valence-electron chi connectivity index (χ2n) is 4.46. The van der Waals surface area contributed by atoms with E-state index in [1.807, 2.05) is 39.0 Å². The van der Waals surface area contributed by atoms with Gasteiger partial charge in [-0.3, -0.25) is 4.79 Å². The van der Waals surface area contributed by atoms with Gasteiger partial charge in [-0.2, -0.15) is 0 Å². The molecule has 0 atom stereocenters. The van der Waals surface area contributed by atoms with Crippen molar-refractivity contribution in [2.45, 2.75) is 20.8 Å². The predicted octanol–water partition coefficient (Wildman–Crippen LogP) is 2.54. The SMILES string of the molecule is CCNc1cc(C)ccc1C(=O)N(CC)CCOC. The number of aryl methyl sites for hydroxylation is 1. The molecule has 1 aromatic rings. The van der Waals surface area contributed by atoms with Gasteiger partial charge in [-0.1, -0.05) is 6.07 Å². The summed E-state index contributed by atoms with van der Waals surface area (Å²) in [6, 6.07) is 5.88. The van der Waals surface area contributed by atoms with Crippen molar-refractivity contribution in [3.8, 4) is 0 Å². The molecule has 1 aromatic carbocycles. The van der Waals surface area contributed by atoms with E-state index in [0.29, 0.717) is 19.7 Å². The van der Waals surface area contributed by atoms with Crippen LogP contribution in [-0.2, 0) is 4.74 Å². The summed E-state index contributed by atoms with van der Waals surface area (Å²) in [5, 5.41) is 3.25. The molecule has 0 fully saturated rings. The normalized spacial score (nSPS) is 10.3. The largest absolute Gasteiger partial charge is 0.385 e. The van der Waals surface area contributed by atoms with Gasteiger partial charge >= 0.3 is 0 Å². The standard InChI is InChI=1S/C15H24N2O2/c1-5-16-14-11-12(3)7-8-13(14)15(18)17(6-2)9-10-19-4/h7-8,11,16H,5-6,9-10H2,1-4H3. The van der Waals surface area contributed by atoms with Crippen molar-refractivity contribution in [1.29, 1.82) is 0 Å². The van der Waals surface area contributed by atoms with Crippen molar-refractivity contribution in [3.05, 3.63) is 29.3 Å². The van der Waals surface area contributed by atoms with Gasteiger partial charge < -0.3 is 15.0 Å². The number of likely N-dealkylation sites (N-methyl/N-ethyl adjacent to an activating group) is 1. The zero-order valence-corrected chi connectivity index (χ0v) is 12.3. The van der Waals surface area contributed by atoms with E-state index >= 15 is 0 Å². The first-order valence-corrected chi connectivity index (χ1v) is 6.76. The van der Waals surface area contributed by atoms with Crippen molar-refractivity contribution in [2.75, 3.05) is 38.7 Å². The molecule has 0 aliphatic carbocycles. The number of benzene rings is 1. The molecule has 1 N–H and O–H groups in total. The van der Waals surface area contributed by atoms with Crippen LogP contribution in [0.15, 0.2) is 18.2 Å². The maximum atomic E-state index is 12.5. The van der Waals surface area contributed by atoms with Crippen LogP contribution in [0.1, 0.15) is 29.8 Å². The minimum Gasteiger partial charge on any atom is -0.385 e. The molecule has 19 heavy (non-hydrogen) atoms. The van der Waals surface area contributed by atoms with E-state index in [0.717, 1.165) is 23.4 Å². The van der Waals surface area contributed by atoms with E-state index in [1.54, 1.807) is 12.0 Å². The first-order valence-electron chi connectivity index (χ1n) is 6.76. The van der Waals surface area contributed by atoms with Crippen molar-refractivity contribution in [3.63, 3.8) is 0 Å². The highest BCUT2D eigenvalue weighted by molar-refractivity contribution is 5.99. The van der Waals surface area contributed by atoms with Gasteiger partial charge in [-0.15, -0.1) is 0 Å². The third-order valence-corrected chi connectivity index (χ3v) is 3.01. The van der Waals surface area contributed by atoms with Crippen LogP contribution in [0, 0.1) is 6.92 Å². The van der Waals surface area contributed by atoms with Crippen LogP contribution in [-0.4, -0.2) is 44.2 Å². The van der Waals surface area contributed by atoms with Crippen molar-refractivity contribution in [1.82, 2.24) is 4.90 Å². The Kier molecular flexibility index (Phi) is 6.36. The Morgan fingerprint density at radius 2 is 2.11 bits per heavy atom. The molecule has 0 spiro atoms. The first kappa shape index (κ1) is 15.5. The Balaban J connectivity index is 2.96. The van der Waals surface area contributed by atoms with Crippen molar-refractivity contribution in [2.24, 2.45) is 0 Å². The summed E-state index contributed by atoms with van der Waals surface area (Å²) in [7, 11) is 1.65. The maximum absolute atomic E-state index is 12.5. The highest BCUT2D eigenvalue weighted by Crippen LogP contribution is 2.19. The lowest BCUT2D eigenvalue weighted by Crippen LogP contribution is -2.34. The Bertz CT molecular complexity index is 419. The van der Waals surface area contributed by atoms with E-state index in [1.165, 1.54) is 0 Å². The zero-order valence-electron chi connectivity index (χ0n) is 12.3. The molecule has 1 rings (SSSR count). The lowest BCUT2D eigenvalue weighted by Gasteiger charge is -2.22. The second kappa shape index (κ2) is 7.79. The van der Waals surface area contributed by atoms with Crippen LogP contribution in [0.25, 0.3) is 0 Å². The fourth-order valence-corrected chi connectivity index (χ4v) is 1.96. The van der Waals surface area contributed by atoms with Gasteiger partial charge in [0.2, 0.25) is 0 Å². The molecular formula is C15H24N2O2. The molecule has 0 heterocycles. The molecule has 4 nitrogen and oxygen atoms in total. The van der Waals surface area contributed by atoms with Gasteiger partial charge in [-0.25, -0.2) is 0 Å². The fraction of sp³-hybridized carbons (Fsp3) is 0.533. The van der Waals surface area contributed by atoms with Crippen LogP contribution in [0.3, 0.4) is 0 Å². The molecule has 0 unspecified atom stereocenters. The van der Waals surface area contributed by atoms with Gasteiger partial charge in [0.05, 0.1) is 12.2 Å². The van der Waals surface area contributed by atoms with Gasteiger partial charge in [0.15, 0.2) is 0 Å². The second-order valence-corrected chi connectivity index (χ2v) is 4.46. The Hall–Kier alpha value is -1.55. The predicted molar refractivity (Wildman–Crippen MR) is 78.8 cm³/mol. The number of amides is 1. The average molecular weight is 264 g/mol. The van der Waals surface area contributed by atoms with E-state index in [-0.39, 0.29) is 5.91 Å². The third-order valence-electron chi connectivity index (χ3n) is 3.01. The summed E-state index contributed by atoms with van der Waals surface area (Å²) in [6.07, 6.45) is 0. The van der Waals surface area contributed by atoms with Crippen molar-refractivity contribution >= 4 is 11.6 Å². The summed E-state index contributed by atoms with van der Waals surface area (Å²) >= 11 is 0. The molecule has 0 bridgehead atoms. The Morgan fingerprint density at radius 3 is 2.68 bits per heavy atom. The average Bonchev–Trinajstić information content (AvgIpc) is 2.40. The number of carbonyl (C=O) groups excluding carboxylic acids is 1. The highest BCUT2D eigenvalue weighted by atomic mass is 16.5. The Morgan fingerprint density at radius 1 is 1.37 bits per heavy atom. The molecule has 4 heteroatoms. The first-order chi connectivity index (χ1) is 9.13. The highest BCUT2D eigenvalue weighted by Gasteiger charge is 2.17. The molecule has 0 saturated carbocycles. The molecule has 106 valence electrons. The zero-order chi connectivity index (χ0) is 14.3.